The van der Waals surface area contributed by atoms with Crippen molar-refractivity contribution in [2.75, 3.05) is 19.6 Å². The third-order valence-electron chi connectivity index (χ3n) is 3.72. The molecular formula is C14H24N2O. The van der Waals surface area contributed by atoms with E-state index in [1.165, 1.54) is 32.4 Å². The topological polar surface area (TPSA) is 28.4 Å². The van der Waals surface area contributed by atoms with E-state index in [1.54, 1.807) is 6.26 Å². The largest absolute Gasteiger partial charge is 0.468 e. The summed E-state index contributed by atoms with van der Waals surface area (Å²) < 4.78 is 5.48. The Labute approximate surface area is 104 Å². The van der Waals surface area contributed by atoms with Crippen molar-refractivity contribution in [3.63, 3.8) is 0 Å². The molecule has 0 amide bonds. The fourth-order valence-corrected chi connectivity index (χ4v) is 2.55. The van der Waals surface area contributed by atoms with E-state index in [4.69, 9.17) is 4.42 Å². The molecule has 0 bridgehead atoms. The summed E-state index contributed by atoms with van der Waals surface area (Å²) in [7, 11) is 0. The molecule has 1 fully saturated rings. The number of piperidine rings is 1. The SMILES string of the molecule is CCCNC1CCN(C(C)c2ccco2)CC1. The maximum Gasteiger partial charge on any atom is 0.120 e. The van der Waals surface area contributed by atoms with Crippen LogP contribution in [-0.4, -0.2) is 30.6 Å². The van der Waals surface area contributed by atoms with Gasteiger partial charge in [-0.1, -0.05) is 6.92 Å². The van der Waals surface area contributed by atoms with E-state index >= 15 is 0 Å². The van der Waals surface area contributed by atoms with Crippen LogP contribution in [0, 0.1) is 0 Å². The Morgan fingerprint density at radius 1 is 1.47 bits per heavy atom. The molecule has 3 heteroatoms. The predicted molar refractivity (Wildman–Crippen MR) is 70.0 cm³/mol. The Morgan fingerprint density at radius 2 is 2.24 bits per heavy atom. The summed E-state index contributed by atoms with van der Waals surface area (Å²) in [6.45, 7) is 7.95. The summed E-state index contributed by atoms with van der Waals surface area (Å²) in [5.41, 5.74) is 0. The van der Waals surface area contributed by atoms with Gasteiger partial charge in [0.05, 0.1) is 12.3 Å². The molecular weight excluding hydrogens is 212 g/mol. The Hall–Kier alpha value is -0.800. The summed E-state index contributed by atoms with van der Waals surface area (Å²) >= 11 is 0. The van der Waals surface area contributed by atoms with Crippen molar-refractivity contribution in [1.29, 1.82) is 0 Å². The lowest BCUT2D eigenvalue weighted by Crippen LogP contribution is -2.43. The minimum atomic E-state index is 0.414. The van der Waals surface area contributed by atoms with Gasteiger partial charge in [-0.15, -0.1) is 0 Å². The van der Waals surface area contributed by atoms with Crippen LogP contribution in [0.25, 0.3) is 0 Å². The van der Waals surface area contributed by atoms with Crippen molar-refractivity contribution in [2.45, 2.75) is 45.2 Å². The molecule has 1 aromatic heterocycles. The van der Waals surface area contributed by atoms with E-state index in [-0.39, 0.29) is 0 Å². The van der Waals surface area contributed by atoms with Gasteiger partial charge in [0.2, 0.25) is 0 Å². The van der Waals surface area contributed by atoms with Gasteiger partial charge >= 0.3 is 0 Å². The van der Waals surface area contributed by atoms with E-state index in [0.29, 0.717) is 6.04 Å². The zero-order valence-corrected chi connectivity index (χ0v) is 11.0. The Bertz CT molecular complexity index is 302. The monoisotopic (exact) mass is 236 g/mol. The molecule has 0 saturated carbocycles. The van der Waals surface area contributed by atoms with Gasteiger partial charge in [-0.2, -0.15) is 0 Å². The van der Waals surface area contributed by atoms with Crippen LogP contribution in [0.5, 0.6) is 0 Å². The molecule has 2 rings (SSSR count). The molecule has 0 aliphatic carbocycles. The molecule has 0 radical (unpaired) electrons. The highest BCUT2D eigenvalue weighted by atomic mass is 16.3. The van der Waals surface area contributed by atoms with Crippen molar-refractivity contribution in [2.24, 2.45) is 0 Å². The van der Waals surface area contributed by atoms with Crippen LogP contribution in [0.15, 0.2) is 22.8 Å². The molecule has 1 atom stereocenters. The van der Waals surface area contributed by atoms with E-state index < -0.39 is 0 Å². The van der Waals surface area contributed by atoms with Crippen molar-refractivity contribution in [3.8, 4) is 0 Å². The third kappa shape index (κ3) is 3.33. The second kappa shape index (κ2) is 6.22. The minimum Gasteiger partial charge on any atom is -0.468 e. The maximum absolute atomic E-state index is 5.48. The Kier molecular flexibility index (Phi) is 4.63. The molecule has 1 aliphatic rings. The number of hydrogen-bond acceptors (Lipinski definition) is 3. The fourth-order valence-electron chi connectivity index (χ4n) is 2.55. The standard InChI is InChI=1S/C14H24N2O/c1-3-8-15-13-6-9-16(10-7-13)12(2)14-5-4-11-17-14/h4-5,11-13,15H,3,6-10H2,1-2H3. The molecule has 1 aromatic rings. The van der Waals surface area contributed by atoms with Crippen molar-refractivity contribution >= 4 is 0 Å². The van der Waals surface area contributed by atoms with Crippen LogP contribution in [0.2, 0.25) is 0 Å². The summed E-state index contributed by atoms with van der Waals surface area (Å²) in [6, 6.07) is 5.18. The number of furan rings is 1. The van der Waals surface area contributed by atoms with Gasteiger partial charge in [0, 0.05) is 19.1 Å². The van der Waals surface area contributed by atoms with E-state index in [9.17, 15) is 0 Å². The lowest BCUT2D eigenvalue weighted by molar-refractivity contribution is 0.138. The van der Waals surface area contributed by atoms with Gasteiger partial charge in [-0.3, -0.25) is 4.90 Å². The van der Waals surface area contributed by atoms with Crippen molar-refractivity contribution < 1.29 is 4.42 Å². The molecule has 1 saturated heterocycles. The van der Waals surface area contributed by atoms with Gasteiger partial charge < -0.3 is 9.73 Å². The minimum absolute atomic E-state index is 0.414. The van der Waals surface area contributed by atoms with Crippen LogP contribution in [-0.2, 0) is 0 Å². The van der Waals surface area contributed by atoms with E-state index in [1.807, 2.05) is 6.07 Å². The highest BCUT2D eigenvalue weighted by Crippen LogP contribution is 2.24. The lowest BCUT2D eigenvalue weighted by Gasteiger charge is -2.35. The van der Waals surface area contributed by atoms with Gasteiger partial charge in [0.15, 0.2) is 0 Å². The van der Waals surface area contributed by atoms with E-state index in [2.05, 4.69) is 30.1 Å². The highest BCUT2D eigenvalue weighted by molar-refractivity contribution is 5.04. The molecule has 1 unspecified atom stereocenters. The summed E-state index contributed by atoms with van der Waals surface area (Å²) in [4.78, 5) is 2.52. The van der Waals surface area contributed by atoms with Crippen LogP contribution < -0.4 is 5.32 Å². The number of rotatable bonds is 5. The maximum atomic E-state index is 5.48. The van der Waals surface area contributed by atoms with Gasteiger partial charge in [-0.25, -0.2) is 0 Å². The summed E-state index contributed by atoms with van der Waals surface area (Å²) in [5.74, 6) is 1.09. The molecule has 0 spiro atoms. The van der Waals surface area contributed by atoms with Crippen LogP contribution >= 0.6 is 0 Å². The Morgan fingerprint density at radius 3 is 2.82 bits per heavy atom. The smallest absolute Gasteiger partial charge is 0.120 e. The van der Waals surface area contributed by atoms with Gasteiger partial charge in [-0.05, 0) is 44.9 Å². The molecule has 1 aliphatic heterocycles. The van der Waals surface area contributed by atoms with Crippen molar-refractivity contribution in [1.82, 2.24) is 10.2 Å². The molecule has 2 heterocycles. The average molecular weight is 236 g/mol. The first-order valence-corrected chi connectivity index (χ1v) is 6.82. The van der Waals surface area contributed by atoms with Gasteiger partial charge in [0.1, 0.15) is 5.76 Å². The lowest BCUT2D eigenvalue weighted by atomic mass is 10.0. The second-order valence-corrected chi connectivity index (χ2v) is 4.96. The first-order chi connectivity index (χ1) is 8.31. The highest BCUT2D eigenvalue weighted by Gasteiger charge is 2.24. The third-order valence-corrected chi connectivity index (χ3v) is 3.72. The Balaban J connectivity index is 1.79. The van der Waals surface area contributed by atoms with Crippen LogP contribution in [0.1, 0.15) is 44.9 Å². The predicted octanol–water partition coefficient (Wildman–Crippen LogP) is 2.80. The van der Waals surface area contributed by atoms with Gasteiger partial charge in [0.25, 0.3) is 0 Å². The second-order valence-electron chi connectivity index (χ2n) is 4.96. The van der Waals surface area contributed by atoms with Crippen LogP contribution in [0.4, 0.5) is 0 Å². The molecule has 0 aromatic carbocycles. The molecule has 17 heavy (non-hydrogen) atoms. The number of nitrogens with one attached hydrogen (secondary N) is 1. The fraction of sp³-hybridized carbons (Fsp3) is 0.714. The quantitative estimate of drug-likeness (QED) is 0.852. The zero-order valence-electron chi connectivity index (χ0n) is 11.0. The average Bonchev–Trinajstić information content (AvgIpc) is 2.90. The first kappa shape index (κ1) is 12.7. The number of likely N-dealkylation sites (tertiary alicyclic amines) is 1. The van der Waals surface area contributed by atoms with E-state index in [0.717, 1.165) is 18.3 Å². The number of hydrogen-bond donors (Lipinski definition) is 1. The summed E-state index contributed by atoms with van der Waals surface area (Å²) in [5, 5.41) is 3.62. The number of nitrogens with zero attached hydrogens (tertiary/aromatic N) is 1. The molecule has 1 N–H and O–H groups in total. The molecule has 96 valence electrons. The molecule has 3 nitrogen and oxygen atoms in total. The van der Waals surface area contributed by atoms with Crippen LogP contribution in [0.3, 0.4) is 0 Å². The summed E-state index contributed by atoms with van der Waals surface area (Å²) in [6.07, 6.45) is 5.50. The normalized spacial score (nSPS) is 20.6. The first-order valence-electron chi connectivity index (χ1n) is 6.82. The zero-order chi connectivity index (χ0) is 12.1. The van der Waals surface area contributed by atoms with Crippen molar-refractivity contribution in [3.05, 3.63) is 24.2 Å².